The molecular formula is C12H25NO3S. The van der Waals surface area contributed by atoms with Crippen molar-refractivity contribution in [3.8, 4) is 0 Å². The van der Waals surface area contributed by atoms with Crippen LogP contribution in [0.25, 0.3) is 0 Å². The number of hydrogen-bond acceptors (Lipinski definition) is 4. The molecule has 1 rings (SSSR count). The topological polar surface area (TPSA) is 55.4 Å². The molecule has 0 bridgehead atoms. The quantitative estimate of drug-likeness (QED) is 0.782. The summed E-state index contributed by atoms with van der Waals surface area (Å²) in [4.78, 5) is 0. The van der Waals surface area contributed by atoms with Crippen LogP contribution in [0.1, 0.15) is 34.1 Å². The molecule has 0 radical (unpaired) electrons. The minimum absolute atomic E-state index is 0.00188. The fourth-order valence-corrected chi connectivity index (χ4v) is 3.55. The maximum absolute atomic E-state index is 11.5. The predicted molar refractivity (Wildman–Crippen MR) is 69.9 cm³/mol. The second-order valence-electron chi connectivity index (χ2n) is 5.60. The van der Waals surface area contributed by atoms with Gasteiger partial charge in [-0.1, -0.05) is 20.8 Å². The van der Waals surface area contributed by atoms with E-state index < -0.39 is 9.84 Å². The third-order valence-corrected chi connectivity index (χ3v) is 5.78. The molecule has 3 unspecified atom stereocenters. The summed E-state index contributed by atoms with van der Waals surface area (Å²) in [6.45, 7) is 7.94. The normalized spacial score (nSPS) is 29.7. The minimum Gasteiger partial charge on any atom is -0.381 e. The van der Waals surface area contributed by atoms with Gasteiger partial charge in [-0.05, 0) is 13.3 Å². The lowest BCUT2D eigenvalue weighted by atomic mass is 9.64. The van der Waals surface area contributed by atoms with Crippen molar-refractivity contribution in [2.75, 3.05) is 18.6 Å². The molecule has 1 fully saturated rings. The monoisotopic (exact) mass is 263 g/mol. The molecule has 0 saturated heterocycles. The summed E-state index contributed by atoms with van der Waals surface area (Å²) in [6.07, 6.45) is 1.23. The molecule has 0 spiro atoms. The number of ether oxygens (including phenoxy) is 1. The van der Waals surface area contributed by atoms with Gasteiger partial charge in [0.05, 0.1) is 11.9 Å². The third-order valence-electron chi connectivity index (χ3n) is 3.89. The first kappa shape index (κ1) is 14.9. The fraction of sp³-hybridized carbons (Fsp3) is 1.00. The van der Waals surface area contributed by atoms with Gasteiger partial charge in [0, 0.05) is 30.4 Å². The predicted octanol–water partition coefficient (Wildman–Crippen LogP) is 1.21. The highest BCUT2D eigenvalue weighted by atomic mass is 32.2. The SMILES string of the molecule is CCS(=O)(=O)CC(C)NC1CC(OC)C1(C)C. The molecule has 0 aromatic rings. The highest BCUT2D eigenvalue weighted by Crippen LogP contribution is 2.42. The summed E-state index contributed by atoms with van der Waals surface area (Å²) >= 11 is 0. The first-order valence-corrected chi connectivity index (χ1v) is 8.04. The Morgan fingerprint density at radius 3 is 2.47 bits per heavy atom. The van der Waals surface area contributed by atoms with Gasteiger partial charge in [0.15, 0.2) is 9.84 Å². The largest absolute Gasteiger partial charge is 0.381 e. The molecule has 17 heavy (non-hydrogen) atoms. The van der Waals surface area contributed by atoms with Crippen LogP contribution in [0.4, 0.5) is 0 Å². The van der Waals surface area contributed by atoms with Crippen LogP contribution in [0, 0.1) is 5.41 Å². The van der Waals surface area contributed by atoms with Crippen LogP contribution in [-0.4, -0.2) is 45.2 Å². The number of hydrogen-bond donors (Lipinski definition) is 1. The molecule has 1 saturated carbocycles. The van der Waals surface area contributed by atoms with Crippen molar-refractivity contribution >= 4 is 9.84 Å². The lowest BCUT2D eigenvalue weighted by molar-refractivity contribution is -0.0992. The summed E-state index contributed by atoms with van der Waals surface area (Å²) in [6, 6.07) is 0.344. The van der Waals surface area contributed by atoms with Gasteiger partial charge in [-0.25, -0.2) is 8.42 Å². The fourth-order valence-electron chi connectivity index (χ4n) is 2.46. The standard InChI is InChI=1S/C12H25NO3S/c1-6-17(14,15)8-9(2)13-10-7-11(16-5)12(10,3)4/h9-11,13H,6-8H2,1-5H3. The summed E-state index contributed by atoms with van der Waals surface area (Å²) in [5.41, 5.74) is 0.0823. The molecule has 1 aliphatic rings. The van der Waals surface area contributed by atoms with Crippen molar-refractivity contribution in [2.24, 2.45) is 5.41 Å². The Bertz CT molecular complexity index is 351. The van der Waals surface area contributed by atoms with Crippen molar-refractivity contribution in [1.82, 2.24) is 5.32 Å². The van der Waals surface area contributed by atoms with Gasteiger partial charge in [0.1, 0.15) is 0 Å². The Hall–Kier alpha value is -0.130. The number of nitrogens with one attached hydrogen (secondary N) is 1. The Morgan fingerprint density at radius 2 is 2.06 bits per heavy atom. The van der Waals surface area contributed by atoms with Gasteiger partial charge in [0.2, 0.25) is 0 Å². The van der Waals surface area contributed by atoms with E-state index in [9.17, 15) is 8.42 Å². The van der Waals surface area contributed by atoms with E-state index in [1.165, 1.54) is 0 Å². The lowest BCUT2D eigenvalue weighted by Crippen LogP contribution is -2.62. The van der Waals surface area contributed by atoms with E-state index in [2.05, 4.69) is 19.2 Å². The average Bonchev–Trinajstić information content (AvgIpc) is 2.23. The van der Waals surface area contributed by atoms with Crippen molar-refractivity contribution < 1.29 is 13.2 Å². The Labute approximate surface area is 105 Å². The maximum atomic E-state index is 11.5. The van der Waals surface area contributed by atoms with E-state index in [0.29, 0.717) is 6.04 Å². The summed E-state index contributed by atoms with van der Waals surface area (Å²) < 4.78 is 28.4. The molecule has 0 amide bonds. The number of sulfone groups is 1. The molecule has 3 atom stereocenters. The van der Waals surface area contributed by atoms with Crippen LogP contribution in [-0.2, 0) is 14.6 Å². The van der Waals surface area contributed by atoms with Crippen LogP contribution in [0.15, 0.2) is 0 Å². The van der Waals surface area contributed by atoms with E-state index in [0.717, 1.165) is 6.42 Å². The first-order valence-electron chi connectivity index (χ1n) is 6.22. The van der Waals surface area contributed by atoms with Crippen LogP contribution in [0.2, 0.25) is 0 Å². The smallest absolute Gasteiger partial charge is 0.151 e. The van der Waals surface area contributed by atoms with E-state index >= 15 is 0 Å². The van der Waals surface area contributed by atoms with Gasteiger partial charge in [-0.3, -0.25) is 0 Å². The zero-order valence-electron chi connectivity index (χ0n) is 11.5. The van der Waals surface area contributed by atoms with Gasteiger partial charge < -0.3 is 10.1 Å². The lowest BCUT2D eigenvalue weighted by Gasteiger charge is -2.52. The van der Waals surface area contributed by atoms with Gasteiger partial charge in [0.25, 0.3) is 0 Å². The van der Waals surface area contributed by atoms with E-state index in [1.807, 2.05) is 6.92 Å². The van der Waals surface area contributed by atoms with Crippen molar-refractivity contribution in [1.29, 1.82) is 0 Å². The van der Waals surface area contributed by atoms with Crippen LogP contribution >= 0.6 is 0 Å². The third kappa shape index (κ3) is 3.42. The van der Waals surface area contributed by atoms with E-state index in [4.69, 9.17) is 4.74 Å². The molecule has 0 heterocycles. The molecule has 0 aromatic carbocycles. The van der Waals surface area contributed by atoms with Crippen LogP contribution < -0.4 is 5.32 Å². The van der Waals surface area contributed by atoms with Gasteiger partial charge in [-0.15, -0.1) is 0 Å². The maximum Gasteiger partial charge on any atom is 0.151 e. The molecule has 102 valence electrons. The Balaban J connectivity index is 2.47. The number of rotatable bonds is 6. The van der Waals surface area contributed by atoms with E-state index in [1.54, 1.807) is 14.0 Å². The molecular weight excluding hydrogens is 238 g/mol. The second-order valence-corrected chi connectivity index (χ2v) is 8.00. The molecule has 1 N–H and O–H groups in total. The zero-order valence-corrected chi connectivity index (χ0v) is 12.3. The second kappa shape index (κ2) is 5.24. The highest BCUT2D eigenvalue weighted by molar-refractivity contribution is 7.91. The molecule has 5 heteroatoms. The number of methoxy groups -OCH3 is 1. The van der Waals surface area contributed by atoms with E-state index in [-0.39, 0.29) is 29.1 Å². The van der Waals surface area contributed by atoms with Crippen molar-refractivity contribution in [3.63, 3.8) is 0 Å². The van der Waals surface area contributed by atoms with Crippen LogP contribution in [0.5, 0.6) is 0 Å². The zero-order chi connectivity index (χ0) is 13.3. The Morgan fingerprint density at radius 1 is 1.47 bits per heavy atom. The summed E-state index contributed by atoms with van der Waals surface area (Å²) in [5, 5.41) is 3.40. The first-order chi connectivity index (χ1) is 7.73. The molecule has 4 nitrogen and oxygen atoms in total. The highest BCUT2D eigenvalue weighted by Gasteiger charge is 2.48. The van der Waals surface area contributed by atoms with Crippen molar-refractivity contribution in [2.45, 2.75) is 52.3 Å². The Kier molecular flexibility index (Phi) is 4.60. The minimum atomic E-state index is -2.90. The molecule has 0 aliphatic heterocycles. The summed E-state index contributed by atoms with van der Waals surface area (Å²) in [5.74, 6) is 0.432. The summed E-state index contributed by atoms with van der Waals surface area (Å²) in [7, 11) is -1.17. The van der Waals surface area contributed by atoms with Crippen LogP contribution in [0.3, 0.4) is 0 Å². The van der Waals surface area contributed by atoms with Gasteiger partial charge in [-0.2, -0.15) is 0 Å². The van der Waals surface area contributed by atoms with Gasteiger partial charge >= 0.3 is 0 Å². The average molecular weight is 263 g/mol. The molecule has 1 aliphatic carbocycles. The molecule has 0 aromatic heterocycles. The van der Waals surface area contributed by atoms with Crippen molar-refractivity contribution in [3.05, 3.63) is 0 Å².